The summed E-state index contributed by atoms with van der Waals surface area (Å²) in [7, 11) is 0. The smallest absolute Gasteiger partial charge is 0.0849 e. The lowest BCUT2D eigenvalue weighted by molar-refractivity contribution is 0.178. The minimum atomic E-state index is -0.472. The van der Waals surface area contributed by atoms with Crippen molar-refractivity contribution in [1.29, 1.82) is 0 Å². The Morgan fingerprint density at radius 2 is 2.00 bits per heavy atom. The van der Waals surface area contributed by atoms with Crippen molar-refractivity contribution in [3.05, 3.63) is 54.6 Å². The van der Waals surface area contributed by atoms with Gasteiger partial charge in [0.05, 0.1) is 6.10 Å². The summed E-state index contributed by atoms with van der Waals surface area (Å²) in [5.41, 5.74) is 2.13. The topological polar surface area (TPSA) is 20.2 Å². The first-order valence-corrected chi connectivity index (χ1v) is 7.70. The predicted molar refractivity (Wildman–Crippen MR) is 79.6 cm³/mol. The molecule has 2 aromatic rings. The molecule has 1 aromatic carbocycles. The molecule has 0 saturated carbocycles. The Morgan fingerprint density at radius 3 is 2.59 bits per heavy atom. The molecule has 1 nitrogen and oxygen atoms in total. The molecular formula is C13H12Br2OS. The maximum Gasteiger partial charge on any atom is 0.0849 e. The lowest BCUT2D eigenvalue weighted by Crippen LogP contribution is -2.02. The van der Waals surface area contributed by atoms with Crippen LogP contribution in [0.2, 0.25) is 0 Å². The van der Waals surface area contributed by atoms with E-state index in [4.69, 9.17) is 0 Å². The van der Waals surface area contributed by atoms with Gasteiger partial charge in [0.25, 0.3) is 0 Å². The fraction of sp³-hybridized carbons (Fsp3) is 0.231. The van der Waals surface area contributed by atoms with Crippen LogP contribution in [0.15, 0.2) is 38.6 Å². The van der Waals surface area contributed by atoms with Crippen molar-refractivity contribution in [2.45, 2.75) is 19.4 Å². The first-order valence-electron chi connectivity index (χ1n) is 5.24. The minimum absolute atomic E-state index is 0.472. The van der Waals surface area contributed by atoms with Gasteiger partial charge < -0.3 is 5.11 Å². The maximum absolute atomic E-state index is 10.2. The molecule has 1 N–H and O–H groups in total. The first kappa shape index (κ1) is 13.3. The van der Waals surface area contributed by atoms with Crippen LogP contribution < -0.4 is 0 Å². The number of halogens is 2. The third-order valence-electron chi connectivity index (χ3n) is 2.58. The van der Waals surface area contributed by atoms with Crippen molar-refractivity contribution >= 4 is 43.2 Å². The van der Waals surface area contributed by atoms with Gasteiger partial charge in [-0.1, -0.05) is 28.1 Å². The number of aliphatic hydroxyl groups is 1. The third-order valence-corrected chi connectivity index (χ3v) is 5.22. The van der Waals surface area contributed by atoms with Crippen LogP contribution in [0.25, 0.3) is 0 Å². The van der Waals surface area contributed by atoms with E-state index in [-0.39, 0.29) is 0 Å². The fourth-order valence-corrected chi connectivity index (χ4v) is 3.97. The Morgan fingerprint density at radius 1 is 1.24 bits per heavy atom. The van der Waals surface area contributed by atoms with Crippen molar-refractivity contribution < 1.29 is 5.11 Å². The van der Waals surface area contributed by atoms with Gasteiger partial charge in [-0.05, 0) is 51.5 Å². The van der Waals surface area contributed by atoms with Crippen LogP contribution in [0.4, 0.5) is 0 Å². The largest absolute Gasteiger partial charge is 0.388 e. The van der Waals surface area contributed by atoms with E-state index in [9.17, 15) is 5.11 Å². The van der Waals surface area contributed by atoms with Crippen molar-refractivity contribution in [2.24, 2.45) is 0 Å². The summed E-state index contributed by atoms with van der Waals surface area (Å²) in [6.45, 7) is 2.04. The molecule has 1 heterocycles. The molecule has 0 aliphatic heterocycles. The van der Waals surface area contributed by atoms with Gasteiger partial charge in [-0.3, -0.25) is 0 Å². The van der Waals surface area contributed by atoms with Crippen LogP contribution in [0.3, 0.4) is 0 Å². The molecular weight excluding hydrogens is 364 g/mol. The van der Waals surface area contributed by atoms with Crippen LogP contribution in [0.5, 0.6) is 0 Å². The Bertz CT molecular complexity index is 522. The summed E-state index contributed by atoms with van der Waals surface area (Å²) in [6.07, 6.45) is 0.167. The molecule has 0 saturated heterocycles. The molecule has 17 heavy (non-hydrogen) atoms. The van der Waals surface area contributed by atoms with E-state index in [1.165, 1.54) is 10.4 Å². The molecule has 0 fully saturated rings. The second kappa shape index (κ2) is 5.65. The molecule has 0 bridgehead atoms. The van der Waals surface area contributed by atoms with Gasteiger partial charge in [-0.25, -0.2) is 0 Å². The predicted octanol–water partition coefficient (Wildman–Crippen LogP) is 4.86. The zero-order chi connectivity index (χ0) is 12.4. The van der Waals surface area contributed by atoms with Crippen LogP contribution in [-0.4, -0.2) is 5.11 Å². The molecule has 1 unspecified atom stereocenters. The highest BCUT2D eigenvalue weighted by Crippen LogP contribution is 2.31. The molecule has 0 radical (unpaired) electrons. The Balaban J connectivity index is 2.20. The minimum Gasteiger partial charge on any atom is -0.388 e. The summed E-state index contributed by atoms with van der Waals surface area (Å²) in [5.74, 6) is 0. The summed E-state index contributed by atoms with van der Waals surface area (Å²) in [5, 5.41) is 12.3. The van der Waals surface area contributed by atoms with Crippen molar-refractivity contribution in [3.8, 4) is 0 Å². The lowest BCUT2D eigenvalue weighted by atomic mass is 10.0. The first-order chi connectivity index (χ1) is 8.08. The number of benzene rings is 1. The third kappa shape index (κ3) is 3.19. The van der Waals surface area contributed by atoms with Gasteiger partial charge in [0.1, 0.15) is 0 Å². The molecule has 0 aliphatic carbocycles. The molecule has 1 aromatic heterocycles. The summed E-state index contributed by atoms with van der Waals surface area (Å²) < 4.78 is 2.04. The quantitative estimate of drug-likeness (QED) is 0.812. The van der Waals surface area contributed by atoms with Crippen molar-refractivity contribution in [2.75, 3.05) is 0 Å². The van der Waals surface area contributed by atoms with Gasteiger partial charge in [0, 0.05) is 20.2 Å². The number of aryl methyl sites for hydroxylation is 1. The fourth-order valence-electron chi connectivity index (χ4n) is 1.66. The van der Waals surface area contributed by atoms with Crippen LogP contribution in [0, 0.1) is 6.92 Å². The van der Waals surface area contributed by atoms with Crippen molar-refractivity contribution in [3.63, 3.8) is 0 Å². The van der Waals surface area contributed by atoms with E-state index in [0.29, 0.717) is 6.42 Å². The highest BCUT2D eigenvalue weighted by molar-refractivity contribution is 9.10. The zero-order valence-electron chi connectivity index (χ0n) is 9.28. The Labute approximate surface area is 122 Å². The molecule has 0 spiro atoms. The Hall–Kier alpha value is -0.160. The van der Waals surface area contributed by atoms with Gasteiger partial charge in [-0.15, -0.1) is 11.3 Å². The average molecular weight is 376 g/mol. The van der Waals surface area contributed by atoms with Gasteiger partial charge in [-0.2, -0.15) is 0 Å². The number of hydrogen-bond acceptors (Lipinski definition) is 2. The zero-order valence-corrected chi connectivity index (χ0v) is 13.3. The number of hydrogen-bond donors (Lipinski definition) is 1. The van der Waals surface area contributed by atoms with Gasteiger partial charge in [0.15, 0.2) is 0 Å². The highest BCUT2D eigenvalue weighted by atomic mass is 79.9. The molecule has 4 heteroatoms. The van der Waals surface area contributed by atoms with Crippen LogP contribution in [0.1, 0.15) is 22.1 Å². The van der Waals surface area contributed by atoms with E-state index >= 15 is 0 Å². The SMILES string of the molecule is Cc1ccc(C(O)Cc2sccc2Br)c(Br)c1. The van der Waals surface area contributed by atoms with E-state index in [1.54, 1.807) is 11.3 Å². The maximum atomic E-state index is 10.2. The van der Waals surface area contributed by atoms with Crippen LogP contribution in [-0.2, 0) is 6.42 Å². The standard InChI is InChI=1S/C13H12Br2OS/c1-8-2-3-9(11(15)6-8)12(16)7-13-10(14)4-5-17-13/h2-6,12,16H,7H2,1H3. The second-order valence-electron chi connectivity index (χ2n) is 3.94. The molecule has 0 amide bonds. The summed E-state index contributed by atoms with van der Waals surface area (Å²) in [4.78, 5) is 1.17. The normalized spacial score (nSPS) is 12.7. The Kier molecular flexibility index (Phi) is 4.42. The molecule has 90 valence electrons. The van der Waals surface area contributed by atoms with Crippen LogP contribution >= 0.6 is 43.2 Å². The van der Waals surface area contributed by atoms with E-state index in [0.717, 1.165) is 14.5 Å². The number of aliphatic hydroxyl groups excluding tert-OH is 1. The molecule has 1 atom stereocenters. The lowest BCUT2D eigenvalue weighted by Gasteiger charge is -2.13. The molecule has 2 rings (SSSR count). The summed E-state index contributed by atoms with van der Waals surface area (Å²) >= 11 is 8.65. The van der Waals surface area contributed by atoms with E-state index < -0.39 is 6.10 Å². The molecule has 0 aliphatic rings. The summed E-state index contributed by atoms with van der Waals surface area (Å²) in [6, 6.07) is 8.04. The highest BCUT2D eigenvalue weighted by Gasteiger charge is 2.14. The van der Waals surface area contributed by atoms with Gasteiger partial charge >= 0.3 is 0 Å². The second-order valence-corrected chi connectivity index (χ2v) is 6.65. The van der Waals surface area contributed by atoms with E-state index in [1.807, 2.05) is 36.6 Å². The van der Waals surface area contributed by atoms with E-state index in [2.05, 4.69) is 31.9 Å². The average Bonchev–Trinajstić information content (AvgIpc) is 2.64. The number of rotatable bonds is 3. The van der Waals surface area contributed by atoms with Crippen molar-refractivity contribution in [1.82, 2.24) is 0 Å². The monoisotopic (exact) mass is 374 g/mol. The number of thiophene rings is 1. The van der Waals surface area contributed by atoms with Gasteiger partial charge in [0.2, 0.25) is 0 Å².